The fourth-order valence-corrected chi connectivity index (χ4v) is 2.43. The molecule has 0 saturated heterocycles. The van der Waals surface area contributed by atoms with Gasteiger partial charge < -0.3 is 10.1 Å². The monoisotopic (exact) mass is 381 g/mol. The average molecular weight is 381 g/mol. The lowest BCUT2D eigenvalue weighted by molar-refractivity contribution is 0.195. The zero-order chi connectivity index (χ0) is 14.4. The van der Waals surface area contributed by atoms with E-state index in [1.54, 1.807) is 0 Å². The van der Waals surface area contributed by atoms with Crippen LogP contribution in [-0.2, 0) is 0 Å². The first kappa shape index (κ1) is 15.3. The molecule has 0 radical (unpaired) electrons. The summed E-state index contributed by atoms with van der Waals surface area (Å²) < 4.78 is 7.46. The molecule has 0 heterocycles. The van der Waals surface area contributed by atoms with Crippen molar-refractivity contribution in [2.24, 2.45) is 0 Å². The van der Waals surface area contributed by atoms with E-state index in [-0.39, 0.29) is 6.10 Å². The summed E-state index contributed by atoms with van der Waals surface area (Å²) in [6, 6.07) is 16.7. The van der Waals surface area contributed by atoms with Gasteiger partial charge in [0.25, 0.3) is 0 Å². The number of aryl methyl sites for hydroxylation is 1. The third kappa shape index (κ3) is 4.21. The predicted molar refractivity (Wildman–Crippen MR) is 92.3 cm³/mol. The minimum absolute atomic E-state index is 0.0862. The first-order valence-corrected chi connectivity index (χ1v) is 7.91. The molecule has 1 N–H and O–H groups in total. The zero-order valence-electron chi connectivity index (χ0n) is 11.9. The number of halogens is 1. The molecule has 106 valence electrons. The zero-order valence-corrected chi connectivity index (χ0v) is 14.1. The Morgan fingerprint density at radius 1 is 1.15 bits per heavy atom. The van der Waals surface area contributed by atoms with Crippen molar-refractivity contribution in [3.05, 3.63) is 63.2 Å². The Kier molecular flexibility index (Phi) is 5.86. The number of nitrogens with one attached hydrogen (secondary N) is 1. The van der Waals surface area contributed by atoms with E-state index < -0.39 is 0 Å². The molecule has 2 aromatic carbocycles. The summed E-state index contributed by atoms with van der Waals surface area (Å²) in [6.45, 7) is 3.04. The molecule has 0 bridgehead atoms. The summed E-state index contributed by atoms with van der Waals surface area (Å²) in [5, 5.41) is 3.19. The Morgan fingerprint density at radius 2 is 1.90 bits per heavy atom. The summed E-state index contributed by atoms with van der Waals surface area (Å²) in [4.78, 5) is 0. The Bertz CT molecular complexity index is 542. The molecule has 0 aliphatic heterocycles. The van der Waals surface area contributed by atoms with Crippen molar-refractivity contribution in [3.63, 3.8) is 0 Å². The topological polar surface area (TPSA) is 21.3 Å². The Hall–Kier alpha value is -1.07. The molecule has 2 aromatic rings. The molecule has 0 aliphatic carbocycles. The van der Waals surface area contributed by atoms with Crippen LogP contribution in [0.1, 0.15) is 23.7 Å². The lowest BCUT2D eigenvalue weighted by atomic mass is 10.1. The molecule has 0 aromatic heterocycles. The highest BCUT2D eigenvalue weighted by atomic mass is 127. The van der Waals surface area contributed by atoms with Crippen LogP contribution in [0.4, 0.5) is 0 Å². The largest absolute Gasteiger partial charge is 0.486 e. The highest BCUT2D eigenvalue weighted by Crippen LogP contribution is 2.26. The van der Waals surface area contributed by atoms with Crippen LogP contribution in [0.15, 0.2) is 48.5 Å². The third-order valence-corrected chi connectivity index (χ3v) is 4.45. The van der Waals surface area contributed by atoms with Gasteiger partial charge in [0.15, 0.2) is 0 Å². The predicted octanol–water partition coefficient (Wildman–Crippen LogP) is 4.33. The van der Waals surface area contributed by atoms with E-state index in [1.807, 2.05) is 19.2 Å². The van der Waals surface area contributed by atoms with Gasteiger partial charge in [-0.15, -0.1) is 0 Å². The molecule has 1 atom stereocenters. The number of benzene rings is 2. The maximum atomic E-state index is 6.20. The van der Waals surface area contributed by atoms with Gasteiger partial charge in [-0.2, -0.15) is 0 Å². The summed E-state index contributed by atoms with van der Waals surface area (Å²) in [5.74, 6) is 0.938. The van der Waals surface area contributed by atoms with Crippen molar-refractivity contribution in [3.8, 4) is 5.75 Å². The van der Waals surface area contributed by atoms with Gasteiger partial charge in [0.05, 0.1) is 0 Å². The van der Waals surface area contributed by atoms with Crippen LogP contribution in [0, 0.1) is 10.5 Å². The minimum atomic E-state index is 0.0862. The molecule has 0 aliphatic rings. The Balaban J connectivity index is 2.17. The van der Waals surface area contributed by atoms with Gasteiger partial charge >= 0.3 is 0 Å². The first-order chi connectivity index (χ1) is 9.70. The smallest absolute Gasteiger partial charge is 0.125 e. The highest BCUT2D eigenvalue weighted by Gasteiger charge is 2.13. The van der Waals surface area contributed by atoms with Gasteiger partial charge in [-0.3, -0.25) is 0 Å². The van der Waals surface area contributed by atoms with Crippen LogP contribution in [0.25, 0.3) is 0 Å². The van der Waals surface area contributed by atoms with Crippen LogP contribution >= 0.6 is 22.6 Å². The second-order valence-electron chi connectivity index (χ2n) is 4.82. The molecule has 0 spiro atoms. The summed E-state index contributed by atoms with van der Waals surface area (Å²) in [7, 11) is 1.97. The van der Waals surface area contributed by atoms with E-state index in [0.29, 0.717) is 0 Å². The van der Waals surface area contributed by atoms with E-state index in [4.69, 9.17) is 4.74 Å². The van der Waals surface area contributed by atoms with E-state index >= 15 is 0 Å². The number of hydrogen-bond donors (Lipinski definition) is 1. The summed E-state index contributed by atoms with van der Waals surface area (Å²) in [6.07, 6.45) is 1.04. The third-order valence-electron chi connectivity index (χ3n) is 3.24. The second kappa shape index (κ2) is 7.64. The van der Waals surface area contributed by atoms with Gasteiger partial charge in [-0.25, -0.2) is 0 Å². The lowest BCUT2D eigenvalue weighted by Crippen LogP contribution is -2.16. The fraction of sp³-hybridized carbons (Fsp3) is 0.294. The SMILES string of the molecule is CNCC[C@H](Oc1ccc(I)c(C)c1)c1ccccc1. The van der Waals surface area contributed by atoms with Crippen LogP contribution in [0.2, 0.25) is 0 Å². The summed E-state index contributed by atoms with van der Waals surface area (Å²) in [5.41, 5.74) is 2.47. The minimum Gasteiger partial charge on any atom is -0.486 e. The molecule has 0 saturated carbocycles. The molecular weight excluding hydrogens is 361 g/mol. The molecule has 20 heavy (non-hydrogen) atoms. The molecular formula is C17H20INO. The highest BCUT2D eigenvalue weighted by molar-refractivity contribution is 14.1. The Labute approximate surface area is 134 Å². The van der Waals surface area contributed by atoms with Gasteiger partial charge in [-0.1, -0.05) is 30.3 Å². The van der Waals surface area contributed by atoms with Gasteiger partial charge in [-0.05, 0) is 72.4 Å². The van der Waals surface area contributed by atoms with Crippen molar-refractivity contribution < 1.29 is 4.74 Å². The van der Waals surface area contributed by atoms with Gasteiger partial charge in [0, 0.05) is 9.99 Å². The summed E-state index contributed by atoms with van der Waals surface area (Å²) >= 11 is 2.34. The maximum absolute atomic E-state index is 6.20. The van der Waals surface area contributed by atoms with E-state index in [2.05, 4.69) is 71.2 Å². The molecule has 3 heteroatoms. The van der Waals surface area contributed by atoms with E-state index in [9.17, 15) is 0 Å². The molecule has 2 rings (SSSR count). The van der Waals surface area contributed by atoms with Crippen molar-refractivity contribution in [1.82, 2.24) is 5.32 Å². The van der Waals surface area contributed by atoms with E-state index in [0.717, 1.165) is 18.7 Å². The molecule has 2 nitrogen and oxygen atoms in total. The van der Waals surface area contributed by atoms with Gasteiger partial charge in [0.2, 0.25) is 0 Å². The molecule has 0 unspecified atom stereocenters. The normalized spacial score (nSPS) is 12.2. The average Bonchev–Trinajstić information content (AvgIpc) is 2.48. The van der Waals surface area contributed by atoms with Crippen LogP contribution in [0.5, 0.6) is 5.75 Å². The van der Waals surface area contributed by atoms with E-state index in [1.165, 1.54) is 14.7 Å². The van der Waals surface area contributed by atoms with Crippen molar-refractivity contribution in [2.45, 2.75) is 19.4 Å². The van der Waals surface area contributed by atoms with Crippen molar-refractivity contribution in [2.75, 3.05) is 13.6 Å². The first-order valence-electron chi connectivity index (χ1n) is 6.83. The quantitative estimate of drug-likeness (QED) is 0.753. The van der Waals surface area contributed by atoms with Crippen molar-refractivity contribution >= 4 is 22.6 Å². The van der Waals surface area contributed by atoms with Crippen LogP contribution in [0.3, 0.4) is 0 Å². The Morgan fingerprint density at radius 3 is 2.55 bits per heavy atom. The number of ether oxygens (including phenoxy) is 1. The molecule has 0 fully saturated rings. The number of hydrogen-bond acceptors (Lipinski definition) is 2. The lowest BCUT2D eigenvalue weighted by Gasteiger charge is -2.20. The second-order valence-corrected chi connectivity index (χ2v) is 5.98. The fourth-order valence-electron chi connectivity index (χ4n) is 2.09. The maximum Gasteiger partial charge on any atom is 0.125 e. The standard InChI is InChI=1S/C17H20INO/c1-13-12-15(8-9-16(13)18)20-17(10-11-19-2)14-6-4-3-5-7-14/h3-9,12,17,19H,10-11H2,1-2H3/t17-/m0/s1. The number of rotatable bonds is 6. The van der Waals surface area contributed by atoms with Crippen molar-refractivity contribution in [1.29, 1.82) is 0 Å². The van der Waals surface area contributed by atoms with Crippen LogP contribution in [-0.4, -0.2) is 13.6 Å². The van der Waals surface area contributed by atoms with Gasteiger partial charge in [0.1, 0.15) is 11.9 Å². The van der Waals surface area contributed by atoms with Crippen LogP contribution < -0.4 is 10.1 Å². The molecule has 0 amide bonds.